The van der Waals surface area contributed by atoms with Gasteiger partial charge < -0.3 is 10.1 Å². The smallest absolute Gasteiger partial charge is 0.341 e. The molecule has 0 fully saturated rings. The molecule has 0 bridgehead atoms. The number of rotatable bonds is 8. The summed E-state index contributed by atoms with van der Waals surface area (Å²) in [5.41, 5.74) is 3.03. The van der Waals surface area contributed by atoms with Gasteiger partial charge in [0.2, 0.25) is 11.0 Å². The lowest BCUT2D eigenvalue weighted by atomic mass is 9.95. The van der Waals surface area contributed by atoms with E-state index in [9.17, 15) is 14.4 Å². The van der Waals surface area contributed by atoms with E-state index < -0.39 is 5.25 Å². The summed E-state index contributed by atoms with van der Waals surface area (Å²) < 4.78 is 5.82. The summed E-state index contributed by atoms with van der Waals surface area (Å²) in [4.78, 5) is 39.2. The Morgan fingerprint density at radius 2 is 1.94 bits per heavy atom. The maximum atomic E-state index is 13.0. The molecule has 0 spiro atoms. The molecule has 4 rings (SSSR count). The van der Waals surface area contributed by atoms with Gasteiger partial charge in [0.25, 0.3) is 5.91 Å². The Hall–Kier alpha value is -2.76. The second-order valence-electron chi connectivity index (χ2n) is 8.08. The summed E-state index contributed by atoms with van der Waals surface area (Å²) in [5.74, 6) is -0.888. The first kappa shape index (κ1) is 25.3. The minimum absolute atomic E-state index is 0.236. The fourth-order valence-electron chi connectivity index (χ4n) is 3.75. The summed E-state index contributed by atoms with van der Waals surface area (Å²) in [7, 11) is 0. The highest BCUT2D eigenvalue weighted by molar-refractivity contribution is 8.02. The van der Waals surface area contributed by atoms with E-state index in [-0.39, 0.29) is 24.4 Å². The van der Waals surface area contributed by atoms with Gasteiger partial charge in [-0.25, -0.2) is 4.79 Å². The van der Waals surface area contributed by atoms with Gasteiger partial charge in [-0.3, -0.25) is 14.9 Å². The first-order valence-corrected chi connectivity index (χ1v) is 13.9. The molecule has 1 atom stereocenters. The number of fused-ring (bicyclic) bond motifs is 1. The SMILES string of the molecule is CCOC(=O)c1c(NC(=O)C(C)Sc2nnc(NC(=O)c3cccc(C)c3)s2)sc2c1CCCC2. The maximum absolute atomic E-state index is 13.0. The van der Waals surface area contributed by atoms with Gasteiger partial charge in [-0.15, -0.1) is 21.5 Å². The number of aryl methyl sites for hydroxylation is 2. The van der Waals surface area contributed by atoms with Crippen molar-refractivity contribution in [3.63, 3.8) is 0 Å². The number of thioether (sulfide) groups is 1. The van der Waals surface area contributed by atoms with E-state index in [2.05, 4.69) is 20.8 Å². The number of hydrogen-bond acceptors (Lipinski definition) is 9. The number of anilines is 2. The highest BCUT2D eigenvalue weighted by Gasteiger charge is 2.28. The van der Waals surface area contributed by atoms with Crippen LogP contribution in [0.2, 0.25) is 0 Å². The van der Waals surface area contributed by atoms with Crippen LogP contribution in [-0.2, 0) is 22.4 Å². The average molecular weight is 531 g/mol. The zero-order chi connectivity index (χ0) is 24.9. The molecule has 2 N–H and O–H groups in total. The van der Waals surface area contributed by atoms with Crippen LogP contribution in [0, 0.1) is 6.92 Å². The molecule has 0 saturated heterocycles. The largest absolute Gasteiger partial charge is 0.462 e. The second-order valence-corrected chi connectivity index (χ2v) is 11.8. The highest BCUT2D eigenvalue weighted by Crippen LogP contribution is 2.39. The third kappa shape index (κ3) is 6.09. The number of carbonyl (C=O) groups is 3. The minimum atomic E-state index is -0.488. The summed E-state index contributed by atoms with van der Waals surface area (Å²) in [6.07, 6.45) is 3.83. The molecule has 11 heteroatoms. The van der Waals surface area contributed by atoms with Gasteiger partial charge in [-0.2, -0.15) is 0 Å². The van der Waals surface area contributed by atoms with Crippen LogP contribution in [0.4, 0.5) is 10.1 Å². The highest BCUT2D eigenvalue weighted by atomic mass is 32.2. The molecule has 8 nitrogen and oxygen atoms in total. The van der Waals surface area contributed by atoms with Crippen LogP contribution in [0.1, 0.15) is 63.4 Å². The summed E-state index contributed by atoms with van der Waals surface area (Å²) in [6, 6.07) is 7.27. The van der Waals surface area contributed by atoms with Crippen LogP contribution in [0.3, 0.4) is 0 Å². The Kier molecular flexibility index (Phi) is 8.19. The summed E-state index contributed by atoms with van der Waals surface area (Å²) >= 11 is 3.92. The van der Waals surface area contributed by atoms with Crippen LogP contribution in [0.15, 0.2) is 28.6 Å². The molecule has 1 unspecified atom stereocenters. The molecule has 184 valence electrons. The molecule has 0 saturated carbocycles. The van der Waals surface area contributed by atoms with Crippen molar-refractivity contribution in [3.05, 3.63) is 51.4 Å². The van der Waals surface area contributed by atoms with E-state index in [0.29, 0.717) is 25.6 Å². The molecule has 2 aromatic heterocycles. The van der Waals surface area contributed by atoms with Crippen molar-refractivity contribution >= 4 is 62.4 Å². The Morgan fingerprint density at radius 3 is 2.71 bits per heavy atom. The quantitative estimate of drug-likeness (QED) is 0.230. The molecule has 2 heterocycles. The Labute approximate surface area is 215 Å². The lowest BCUT2D eigenvalue weighted by Crippen LogP contribution is -2.23. The summed E-state index contributed by atoms with van der Waals surface area (Å²) in [6.45, 7) is 5.74. The Morgan fingerprint density at radius 1 is 1.14 bits per heavy atom. The summed E-state index contributed by atoms with van der Waals surface area (Å²) in [5, 5.41) is 14.2. The van der Waals surface area contributed by atoms with Crippen molar-refractivity contribution < 1.29 is 19.1 Å². The Balaban J connectivity index is 1.41. The number of ether oxygens (including phenoxy) is 1. The standard InChI is InChI=1S/C24H26N4O4S3/c1-4-32-22(31)18-16-10-5-6-11-17(16)34-21(18)25-19(29)14(3)33-24-28-27-23(35-24)26-20(30)15-9-7-8-13(2)12-15/h7-9,12,14H,4-6,10-11H2,1-3H3,(H,25,29)(H,26,27,30). The van der Waals surface area contributed by atoms with Crippen molar-refractivity contribution in [2.24, 2.45) is 0 Å². The molecule has 0 aliphatic heterocycles. The van der Waals surface area contributed by atoms with Crippen LogP contribution in [0.5, 0.6) is 0 Å². The third-order valence-electron chi connectivity index (χ3n) is 5.44. The molecule has 1 aliphatic rings. The van der Waals surface area contributed by atoms with Gasteiger partial charge in [0.1, 0.15) is 5.00 Å². The lowest BCUT2D eigenvalue weighted by Gasteiger charge is -2.13. The van der Waals surface area contributed by atoms with E-state index in [1.165, 1.54) is 34.4 Å². The van der Waals surface area contributed by atoms with Gasteiger partial charge in [0.05, 0.1) is 17.4 Å². The molecule has 2 amide bonds. The average Bonchev–Trinajstić information content (AvgIpc) is 3.42. The predicted octanol–water partition coefficient (Wildman–Crippen LogP) is 5.34. The number of esters is 1. The van der Waals surface area contributed by atoms with Crippen molar-refractivity contribution in [3.8, 4) is 0 Å². The first-order valence-electron chi connectivity index (χ1n) is 11.4. The number of benzene rings is 1. The monoisotopic (exact) mass is 530 g/mol. The number of carbonyl (C=O) groups excluding carboxylic acids is 3. The van der Waals surface area contributed by atoms with Gasteiger partial charge in [-0.05, 0) is 64.2 Å². The molecular formula is C24H26N4O4S3. The number of amides is 2. The van der Waals surface area contributed by atoms with Gasteiger partial charge in [0, 0.05) is 10.4 Å². The van der Waals surface area contributed by atoms with E-state index in [4.69, 9.17) is 4.74 Å². The number of nitrogens with one attached hydrogen (secondary N) is 2. The molecule has 0 radical (unpaired) electrons. The second kappa shape index (κ2) is 11.3. The van der Waals surface area contributed by atoms with E-state index in [1.807, 2.05) is 19.1 Å². The predicted molar refractivity (Wildman–Crippen MR) is 140 cm³/mol. The van der Waals surface area contributed by atoms with Crippen molar-refractivity contribution in [2.45, 2.75) is 56.0 Å². The van der Waals surface area contributed by atoms with Crippen molar-refractivity contribution in [1.82, 2.24) is 10.2 Å². The number of hydrogen-bond donors (Lipinski definition) is 2. The Bertz CT molecular complexity index is 1250. The zero-order valence-corrected chi connectivity index (χ0v) is 22.1. The van der Waals surface area contributed by atoms with Gasteiger partial charge in [0.15, 0.2) is 4.34 Å². The number of aromatic nitrogens is 2. The molecule has 1 aromatic carbocycles. The molecule has 35 heavy (non-hydrogen) atoms. The normalized spacial score (nSPS) is 13.6. The van der Waals surface area contributed by atoms with Crippen LogP contribution < -0.4 is 10.6 Å². The van der Waals surface area contributed by atoms with Crippen LogP contribution >= 0.6 is 34.4 Å². The molecular weight excluding hydrogens is 504 g/mol. The third-order valence-corrected chi connectivity index (χ3v) is 8.67. The number of nitrogens with zero attached hydrogens (tertiary/aromatic N) is 2. The van der Waals surface area contributed by atoms with E-state index >= 15 is 0 Å². The van der Waals surface area contributed by atoms with Gasteiger partial charge in [-0.1, -0.05) is 40.8 Å². The lowest BCUT2D eigenvalue weighted by molar-refractivity contribution is -0.115. The molecule has 3 aromatic rings. The van der Waals surface area contributed by atoms with E-state index in [0.717, 1.165) is 41.7 Å². The fraction of sp³-hybridized carbons (Fsp3) is 0.375. The van der Waals surface area contributed by atoms with Crippen molar-refractivity contribution in [2.75, 3.05) is 17.2 Å². The fourth-order valence-corrected chi connectivity index (χ4v) is 6.93. The van der Waals surface area contributed by atoms with Crippen LogP contribution in [0.25, 0.3) is 0 Å². The zero-order valence-electron chi connectivity index (χ0n) is 19.7. The maximum Gasteiger partial charge on any atom is 0.341 e. The molecule has 1 aliphatic carbocycles. The first-order chi connectivity index (χ1) is 16.9. The van der Waals surface area contributed by atoms with Crippen LogP contribution in [-0.4, -0.2) is 39.8 Å². The number of thiophene rings is 1. The minimum Gasteiger partial charge on any atom is -0.462 e. The topological polar surface area (TPSA) is 110 Å². The van der Waals surface area contributed by atoms with Gasteiger partial charge >= 0.3 is 5.97 Å². The van der Waals surface area contributed by atoms with E-state index in [1.54, 1.807) is 26.0 Å². The van der Waals surface area contributed by atoms with Crippen molar-refractivity contribution in [1.29, 1.82) is 0 Å².